The molecule has 3 nitrogen and oxygen atoms in total. The van der Waals surface area contributed by atoms with Gasteiger partial charge < -0.3 is 9.47 Å². The maximum atomic E-state index is 12.9. The average molecular weight is 396 g/mol. The van der Waals surface area contributed by atoms with Crippen molar-refractivity contribution in [3.63, 3.8) is 0 Å². The Morgan fingerprint density at radius 1 is 0.967 bits per heavy atom. The smallest absolute Gasteiger partial charge is 0.232 e. The molecule has 30 heavy (non-hydrogen) atoms. The number of hydrogen-bond acceptors (Lipinski definition) is 3. The largest absolute Gasteiger partial charge is 0.489 e. The van der Waals surface area contributed by atoms with E-state index >= 15 is 0 Å². The second-order valence-electron chi connectivity index (χ2n) is 7.38. The first-order valence-electron chi connectivity index (χ1n) is 10.1. The fourth-order valence-electron chi connectivity index (χ4n) is 3.48. The quantitative estimate of drug-likeness (QED) is 0.453. The van der Waals surface area contributed by atoms with Crippen LogP contribution in [0, 0.1) is 6.92 Å². The summed E-state index contributed by atoms with van der Waals surface area (Å²) in [6, 6.07) is 19.9. The van der Waals surface area contributed by atoms with Crippen LogP contribution in [0.15, 0.2) is 73.0 Å². The highest BCUT2D eigenvalue weighted by molar-refractivity contribution is 6.15. The van der Waals surface area contributed by atoms with E-state index in [4.69, 9.17) is 9.47 Å². The van der Waals surface area contributed by atoms with Gasteiger partial charge in [0.25, 0.3) is 0 Å². The molecule has 0 saturated carbocycles. The van der Waals surface area contributed by atoms with E-state index in [-0.39, 0.29) is 5.78 Å². The van der Waals surface area contributed by atoms with Crippen LogP contribution in [0.1, 0.15) is 45.1 Å². The van der Waals surface area contributed by atoms with Crippen LogP contribution < -0.4 is 9.47 Å². The summed E-state index contributed by atoms with van der Waals surface area (Å²) in [5, 5.41) is 0. The zero-order chi connectivity index (χ0) is 21.1. The van der Waals surface area contributed by atoms with Crippen molar-refractivity contribution >= 4 is 17.9 Å². The second-order valence-corrected chi connectivity index (χ2v) is 7.38. The van der Waals surface area contributed by atoms with Crippen molar-refractivity contribution in [3.8, 4) is 11.5 Å². The number of allylic oxidation sites excluding steroid dienone is 1. The fraction of sp³-hybridized carbons (Fsp3) is 0.148. The summed E-state index contributed by atoms with van der Waals surface area (Å²) in [4.78, 5) is 12.9. The number of Topliss-reactive ketones (excluding diaryl/α,β-unsaturated/α-hetero) is 1. The standard InChI is InChI=1S/C27H24O3/c1-4-19-6-10-21(11-7-19)15-25-27(28)26-18(3)14-23(16-24(26)30-25)29-17-22-12-8-20(5-2)9-13-22/h5-16H,2,4,17H2,1,3H3/b25-15-. The molecule has 0 saturated heterocycles. The van der Waals surface area contributed by atoms with Crippen LogP contribution in [0.3, 0.4) is 0 Å². The Balaban J connectivity index is 1.52. The summed E-state index contributed by atoms with van der Waals surface area (Å²) in [6.45, 7) is 8.23. The lowest BCUT2D eigenvalue weighted by Crippen LogP contribution is -2.00. The number of benzene rings is 3. The minimum Gasteiger partial charge on any atom is -0.489 e. The molecule has 0 fully saturated rings. The first kappa shape index (κ1) is 19.7. The van der Waals surface area contributed by atoms with Crippen molar-refractivity contribution in [2.45, 2.75) is 26.9 Å². The normalized spacial score (nSPS) is 13.8. The SMILES string of the molecule is C=Cc1ccc(COc2cc(C)c3c(c2)O/C(=C\c2ccc(CC)cc2)C3=O)cc1. The monoisotopic (exact) mass is 396 g/mol. The second kappa shape index (κ2) is 8.42. The predicted molar refractivity (Wildman–Crippen MR) is 121 cm³/mol. The maximum absolute atomic E-state index is 12.9. The number of ether oxygens (including phenoxy) is 2. The van der Waals surface area contributed by atoms with Crippen molar-refractivity contribution in [1.29, 1.82) is 0 Å². The number of carbonyl (C=O) groups excluding carboxylic acids is 1. The lowest BCUT2D eigenvalue weighted by Gasteiger charge is -2.09. The van der Waals surface area contributed by atoms with Gasteiger partial charge >= 0.3 is 0 Å². The molecular weight excluding hydrogens is 372 g/mol. The van der Waals surface area contributed by atoms with Crippen molar-refractivity contribution in [2.24, 2.45) is 0 Å². The molecule has 3 aromatic carbocycles. The van der Waals surface area contributed by atoms with Crippen LogP contribution in [0.4, 0.5) is 0 Å². The van der Waals surface area contributed by atoms with E-state index in [0.717, 1.165) is 28.7 Å². The van der Waals surface area contributed by atoms with Crippen LogP contribution in [-0.4, -0.2) is 5.78 Å². The molecule has 150 valence electrons. The predicted octanol–water partition coefficient (Wildman–Crippen LogP) is 6.40. The van der Waals surface area contributed by atoms with E-state index in [0.29, 0.717) is 29.4 Å². The zero-order valence-corrected chi connectivity index (χ0v) is 17.3. The fourth-order valence-corrected chi connectivity index (χ4v) is 3.48. The van der Waals surface area contributed by atoms with Crippen LogP contribution >= 0.6 is 0 Å². The van der Waals surface area contributed by atoms with Crippen LogP contribution in [0.2, 0.25) is 0 Å². The summed E-state index contributed by atoms with van der Waals surface area (Å²) in [7, 11) is 0. The third-order valence-corrected chi connectivity index (χ3v) is 5.25. The summed E-state index contributed by atoms with van der Waals surface area (Å²) < 4.78 is 11.9. The van der Waals surface area contributed by atoms with Crippen LogP contribution in [-0.2, 0) is 13.0 Å². The number of hydrogen-bond donors (Lipinski definition) is 0. The van der Waals surface area contributed by atoms with Gasteiger partial charge in [0.1, 0.15) is 18.1 Å². The molecule has 0 aliphatic carbocycles. The minimum absolute atomic E-state index is 0.0892. The topological polar surface area (TPSA) is 35.5 Å². The Hall–Kier alpha value is -3.59. The molecule has 4 rings (SSSR count). The Morgan fingerprint density at radius 3 is 2.30 bits per heavy atom. The molecule has 0 spiro atoms. The Bertz CT molecular complexity index is 1120. The molecule has 0 N–H and O–H groups in total. The van der Waals surface area contributed by atoms with Gasteiger partial charge in [-0.1, -0.05) is 68.1 Å². The Kier molecular flexibility index (Phi) is 5.53. The van der Waals surface area contributed by atoms with Crippen LogP contribution in [0.25, 0.3) is 12.2 Å². The molecule has 1 heterocycles. The molecular formula is C27H24O3. The van der Waals surface area contributed by atoms with E-state index in [2.05, 4.69) is 25.6 Å². The highest BCUT2D eigenvalue weighted by Gasteiger charge is 2.30. The van der Waals surface area contributed by atoms with Crippen molar-refractivity contribution < 1.29 is 14.3 Å². The Morgan fingerprint density at radius 2 is 1.63 bits per heavy atom. The minimum atomic E-state index is -0.0892. The third kappa shape index (κ3) is 4.06. The molecule has 0 bridgehead atoms. The van der Waals surface area contributed by atoms with E-state index in [1.165, 1.54) is 5.56 Å². The summed E-state index contributed by atoms with van der Waals surface area (Å²) in [6.07, 6.45) is 4.59. The molecule has 0 radical (unpaired) electrons. The number of carbonyl (C=O) groups is 1. The number of aryl methyl sites for hydroxylation is 2. The molecule has 1 aliphatic heterocycles. The average Bonchev–Trinajstić information content (AvgIpc) is 3.08. The molecule has 0 unspecified atom stereocenters. The lowest BCUT2D eigenvalue weighted by molar-refractivity contribution is 0.101. The van der Waals surface area contributed by atoms with E-state index in [1.54, 1.807) is 12.1 Å². The third-order valence-electron chi connectivity index (χ3n) is 5.25. The van der Waals surface area contributed by atoms with Gasteiger partial charge in [0.15, 0.2) is 5.76 Å². The van der Waals surface area contributed by atoms with Gasteiger partial charge in [-0.25, -0.2) is 0 Å². The maximum Gasteiger partial charge on any atom is 0.232 e. The lowest BCUT2D eigenvalue weighted by atomic mass is 10.0. The molecule has 3 heteroatoms. The number of fused-ring (bicyclic) bond motifs is 1. The molecule has 3 aromatic rings. The van der Waals surface area contributed by atoms with Gasteiger partial charge in [-0.15, -0.1) is 0 Å². The van der Waals surface area contributed by atoms with Gasteiger partial charge in [0, 0.05) is 6.07 Å². The zero-order valence-electron chi connectivity index (χ0n) is 17.3. The van der Waals surface area contributed by atoms with Gasteiger partial charge in [-0.3, -0.25) is 4.79 Å². The first-order valence-corrected chi connectivity index (χ1v) is 10.1. The van der Waals surface area contributed by atoms with Gasteiger partial charge in [-0.2, -0.15) is 0 Å². The summed E-state index contributed by atoms with van der Waals surface area (Å²) in [5.74, 6) is 1.48. The number of ketones is 1. The highest BCUT2D eigenvalue weighted by Crippen LogP contribution is 2.37. The summed E-state index contributed by atoms with van der Waals surface area (Å²) >= 11 is 0. The molecule has 0 atom stereocenters. The van der Waals surface area contributed by atoms with E-state index < -0.39 is 0 Å². The van der Waals surface area contributed by atoms with Crippen LogP contribution in [0.5, 0.6) is 11.5 Å². The van der Waals surface area contributed by atoms with Crippen molar-refractivity contribution in [3.05, 3.63) is 106 Å². The Labute approximate surface area is 177 Å². The number of rotatable bonds is 6. The highest BCUT2D eigenvalue weighted by atomic mass is 16.5. The molecule has 0 amide bonds. The van der Waals surface area contributed by atoms with Crippen molar-refractivity contribution in [2.75, 3.05) is 0 Å². The van der Waals surface area contributed by atoms with Crippen molar-refractivity contribution in [1.82, 2.24) is 0 Å². The molecule has 0 aromatic heterocycles. The van der Waals surface area contributed by atoms with E-state index in [9.17, 15) is 4.79 Å². The molecule has 1 aliphatic rings. The van der Waals surface area contributed by atoms with Gasteiger partial charge in [0.2, 0.25) is 5.78 Å². The van der Waals surface area contributed by atoms with Gasteiger partial charge in [-0.05, 0) is 53.3 Å². The van der Waals surface area contributed by atoms with E-state index in [1.807, 2.05) is 55.5 Å². The first-order chi connectivity index (χ1) is 14.6. The summed E-state index contributed by atoms with van der Waals surface area (Å²) in [5.41, 5.74) is 5.79. The van der Waals surface area contributed by atoms with Gasteiger partial charge in [0.05, 0.1) is 5.56 Å².